The van der Waals surface area contributed by atoms with Crippen molar-refractivity contribution in [2.24, 2.45) is 0 Å². The lowest BCUT2D eigenvalue weighted by Crippen LogP contribution is -2.50. The van der Waals surface area contributed by atoms with Crippen LogP contribution < -0.4 is 5.32 Å². The van der Waals surface area contributed by atoms with E-state index >= 15 is 0 Å². The molecule has 2 aliphatic heterocycles. The maximum Gasteiger partial charge on any atom is 0.0312 e. The standard InChI is InChI=1S/C16H25N3S2/c1-3-14(9-17-5-1)10-19-6-2-4-15(11-19)18-16-12-20-7-8-21-13-16/h1,3,5,9,15-16,18H,2,4,6-8,10-13H2/t15-/m0/s1. The van der Waals surface area contributed by atoms with Crippen LogP contribution in [0.4, 0.5) is 0 Å². The highest BCUT2D eigenvalue weighted by Crippen LogP contribution is 2.19. The summed E-state index contributed by atoms with van der Waals surface area (Å²) >= 11 is 4.22. The van der Waals surface area contributed by atoms with Crippen LogP contribution in [0.3, 0.4) is 0 Å². The quantitative estimate of drug-likeness (QED) is 0.919. The van der Waals surface area contributed by atoms with Gasteiger partial charge in [-0.15, -0.1) is 0 Å². The molecule has 0 unspecified atom stereocenters. The average molecular weight is 324 g/mol. The van der Waals surface area contributed by atoms with Crippen LogP contribution in [0, 0.1) is 0 Å². The van der Waals surface area contributed by atoms with Gasteiger partial charge in [0, 0.05) is 60.6 Å². The molecule has 0 aliphatic carbocycles. The second-order valence-corrected chi connectivity index (χ2v) is 8.25. The van der Waals surface area contributed by atoms with E-state index in [0.29, 0.717) is 12.1 Å². The van der Waals surface area contributed by atoms with Crippen molar-refractivity contribution in [1.29, 1.82) is 0 Å². The highest BCUT2D eigenvalue weighted by atomic mass is 32.2. The number of rotatable bonds is 4. The second-order valence-electron chi connectivity index (χ2n) is 5.95. The van der Waals surface area contributed by atoms with Crippen molar-refractivity contribution in [1.82, 2.24) is 15.2 Å². The molecular formula is C16H25N3S2. The maximum atomic E-state index is 4.23. The monoisotopic (exact) mass is 323 g/mol. The zero-order valence-corrected chi connectivity index (χ0v) is 14.2. The van der Waals surface area contributed by atoms with E-state index in [2.05, 4.69) is 44.8 Å². The molecule has 116 valence electrons. The van der Waals surface area contributed by atoms with Gasteiger partial charge in [-0.25, -0.2) is 0 Å². The summed E-state index contributed by atoms with van der Waals surface area (Å²) in [5.74, 6) is 5.21. The number of likely N-dealkylation sites (tertiary alicyclic amines) is 1. The van der Waals surface area contributed by atoms with E-state index in [1.54, 1.807) is 0 Å². The fourth-order valence-electron chi connectivity index (χ4n) is 3.13. The van der Waals surface area contributed by atoms with E-state index in [1.807, 2.05) is 18.5 Å². The summed E-state index contributed by atoms with van der Waals surface area (Å²) in [7, 11) is 0. The van der Waals surface area contributed by atoms with Crippen LogP contribution >= 0.6 is 23.5 Å². The Morgan fingerprint density at radius 3 is 2.86 bits per heavy atom. The Balaban J connectivity index is 1.48. The molecule has 0 spiro atoms. The third-order valence-electron chi connectivity index (χ3n) is 4.12. The van der Waals surface area contributed by atoms with Gasteiger partial charge >= 0.3 is 0 Å². The van der Waals surface area contributed by atoms with Crippen LogP contribution in [0.25, 0.3) is 0 Å². The molecule has 5 heteroatoms. The average Bonchev–Trinajstić information content (AvgIpc) is 2.77. The van der Waals surface area contributed by atoms with E-state index in [4.69, 9.17) is 0 Å². The summed E-state index contributed by atoms with van der Waals surface area (Å²) in [6, 6.07) is 5.59. The van der Waals surface area contributed by atoms with Crippen LogP contribution in [-0.4, -0.2) is 58.1 Å². The summed E-state index contributed by atoms with van der Waals surface area (Å²) in [4.78, 5) is 6.80. The zero-order valence-electron chi connectivity index (χ0n) is 12.5. The molecule has 2 aliphatic rings. The highest BCUT2D eigenvalue weighted by Gasteiger charge is 2.23. The topological polar surface area (TPSA) is 28.2 Å². The Labute approximate surface area is 136 Å². The second kappa shape index (κ2) is 8.42. The number of pyridine rings is 1. The van der Waals surface area contributed by atoms with Gasteiger partial charge < -0.3 is 5.32 Å². The molecule has 1 N–H and O–H groups in total. The van der Waals surface area contributed by atoms with Gasteiger partial charge in [-0.05, 0) is 31.0 Å². The van der Waals surface area contributed by atoms with Crippen LogP contribution in [-0.2, 0) is 6.54 Å². The number of thioether (sulfide) groups is 2. The first-order valence-corrected chi connectivity index (χ1v) is 10.2. The van der Waals surface area contributed by atoms with Crippen molar-refractivity contribution in [3.63, 3.8) is 0 Å². The van der Waals surface area contributed by atoms with E-state index in [1.165, 1.54) is 54.5 Å². The molecule has 0 amide bonds. The molecule has 0 bridgehead atoms. The van der Waals surface area contributed by atoms with Crippen molar-refractivity contribution in [2.75, 3.05) is 36.1 Å². The Hall–Kier alpha value is -0.230. The molecule has 21 heavy (non-hydrogen) atoms. The number of aromatic nitrogens is 1. The SMILES string of the molecule is c1cncc(CN2CCC[C@H](NC3CSCCSC3)C2)c1. The maximum absolute atomic E-state index is 4.23. The summed E-state index contributed by atoms with van der Waals surface area (Å²) < 4.78 is 0. The van der Waals surface area contributed by atoms with Crippen molar-refractivity contribution < 1.29 is 0 Å². The number of hydrogen-bond donors (Lipinski definition) is 1. The fraction of sp³-hybridized carbons (Fsp3) is 0.688. The molecule has 3 rings (SSSR count). The van der Waals surface area contributed by atoms with Crippen LogP contribution in [0.5, 0.6) is 0 Å². The van der Waals surface area contributed by atoms with Crippen LogP contribution in [0.2, 0.25) is 0 Å². The third kappa shape index (κ3) is 5.16. The molecule has 1 atom stereocenters. The molecule has 2 saturated heterocycles. The lowest BCUT2D eigenvalue weighted by Gasteiger charge is -2.35. The van der Waals surface area contributed by atoms with Crippen molar-refractivity contribution >= 4 is 23.5 Å². The minimum absolute atomic E-state index is 0.666. The Morgan fingerprint density at radius 2 is 2.10 bits per heavy atom. The third-order valence-corrected chi connectivity index (χ3v) is 6.64. The predicted octanol–water partition coefficient (Wildman–Crippen LogP) is 2.48. The lowest BCUT2D eigenvalue weighted by atomic mass is 10.0. The van der Waals surface area contributed by atoms with E-state index in [-0.39, 0.29) is 0 Å². The summed E-state index contributed by atoms with van der Waals surface area (Å²) in [6.45, 7) is 3.45. The van der Waals surface area contributed by atoms with Gasteiger partial charge in [0.2, 0.25) is 0 Å². The number of hydrogen-bond acceptors (Lipinski definition) is 5. The molecule has 0 saturated carbocycles. The Bertz CT molecular complexity index is 407. The number of piperidine rings is 1. The van der Waals surface area contributed by atoms with Gasteiger partial charge in [0.05, 0.1) is 0 Å². The highest BCUT2D eigenvalue weighted by molar-refractivity contribution is 8.03. The zero-order chi connectivity index (χ0) is 14.3. The Kier molecular flexibility index (Phi) is 6.27. The van der Waals surface area contributed by atoms with Crippen LogP contribution in [0.1, 0.15) is 18.4 Å². The molecule has 1 aromatic heterocycles. The first-order chi connectivity index (χ1) is 10.4. The van der Waals surface area contributed by atoms with Crippen molar-refractivity contribution in [3.8, 4) is 0 Å². The van der Waals surface area contributed by atoms with E-state index < -0.39 is 0 Å². The van der Waals surface area contributed by atoms with Gasteiger partial charge in [-0.1, -0.05) is 6.07 Å². The summed E-state index contributed by atoms with van der Waals surface area (Å²) in [6.07, 6.45) is 6.49. The largest absolute Gasteiger partial charge is 0.308 e. The minimum Gasteiger partial charge on any atom is -0.308 e. The molecule has 2 fully saturated rings. The van der Waals surface area contributed by atoms with Gasteiger partial charge in [-0.3, -0.25) is 9.88 Å². The smallest absolute Gasteiger partial charge is 0.0312 e. The fourth-order valence-corrected chi connectivity index (χ4v) is 5.55. The van der Waals surface area contributed by atoms with Gasteiger partial charge in [0.1, 0.15) is 0 Å². The van der Waals surface area contributed by atoms with Gasteiger partial charge in [0.25, 0.3) is 0 Å². The van der Waals surface area contributed by atoms with Gasteiger partial charge in [-0.2, -0.15) is 23.5 Å². The lowest BCUT2D eigenvalue weighted by molar-refractivity contribution is 0.179. The number of nitrogens with zero attached hydrogens (tertiary/aromatic N) is 2. The summed E-state index contributed by atoms with van der Waals surface area (Å²) in [5, 5.41) is 3.91. The van der Waals surface area contributed by atoms with Crippen molar-refractivity contribution in [3.05, 3.63) is 30.1 Å². The molecule has 3 heterocycles. The number of nitrogens with one attached hydrogen (secondary N) is 1. The molecule has 0 radical (unpaired) electrons. The van der Waals surface area contributed by atoms with Gasteiger partial charge in [0.15, 0.2) is 0 Å². The van der Waals surface area contributed by atoms with E-state index in [9.17, 15) is 0 Å². The summed E-state index contributed by atoms with van der Waals surface area (Å²) in [5.41, 5.74) is 1.33. The normalized spacial score (nSPS) is 25.6. The predicted molar refractivity (Wildman–Crippen MR) is 94.1 cm³/mol. The van der Waals surface area contributed by atoms with E-state index in [0.717, 1.165) is 6.54 Å². The molecule has 3 nitrogen and oxygen atoms in total. The molecule has 1 aromatic rings. The van der Waals surface area contributed by atoms with Crippen LogP contribution in [0.15, 0.2) is 24.5 Å². The minimum atomic E-state index is 0.666. The Morgan fingerprint density at radius 1 is 1.24 bits per heavy atom. The first kappa shape index (κ1) is 15.7. The first-order valence-electron chi connectivity index (χ1n) is 7.93. The molecule has 0 aromatic carbocycles. The molecular weight excluding hydrogens is 298 g/mol. The van der Waals surface area contributed by atoms with Crippen molar-refractivity contribution in [2.45, 2.75) is 31.5 Å².